The van der Waals surface area contributed by atoms with Gasteiger partial charge in [0.15, 0.2) is 0 Å². The van der Waals surface area contributed by atoms with Gasteiger partial charge in [0.2, 0.25) is 0 Å². The molecule has 0 saturated carbocycles. The first-order chi connectivity index (χ1) is 3.71. The first-order valence-electron chi connectivity index (χ1n) is 2.78. The van der Waals surface area contributed by atoms with Gasteiger partial charge in [-0.25, -0.2) is 0 Å². The van der Waals surface area contributed by atoms with Crippen LogP contribution in [-0.4, -0.2) is 5.54 Å². The normalized spacial score (nSPS) is 23.8. The highest BCUT2D eigenvalue weighted by Gasteiger charge is 2.15. The number of nitrogens with zero attached hydrogens (tertiary/aromatic N) is 2. The molecule has 0 radical (unpaired) electrons. The maximum absolute atomic E-state index is 4.00. The average Bonchev–Trinajstić information content (AvgIpc) is 1.65. The van der Waals surface area contributed by atoms with E-state index in [0.717, 1.165) is 6.42 Å². The molecule has 0 aromatic heterocycles. The zero-order chi connectivity index (χ0) is 6.04. The predicted octanol–water partition coefficient (Wildman–Crippen LogP) is 2.13. The Bertz CT molecular complexity index is 133. The molecule has 1 aliphatic rings. The maximum Gasteiger partial charge on any atom is 0.0799 e. The van der Waals surface area contributed by atoms with E-state index in [1.54, 1.807) is 6.20 Å². The zero-order valence-corrected chi connectivity index (χ0v) is 5.26. The second kappa shape index (κ2) is 1.69. The average molecular weight is 110 g/mol. The molecule has 0 spiro atoms. The van der Waals surface area contributed by atoms with Crippen molar-refractivity contribution >= 4 is 0 Å². The smallest absolute Gasteiger partial charge is 0.0799 e. The number of rotatable bonds is 0. The molecule has 0 N–H and O–H groups in total. The molecule has 1 aliphatic heterocycles. The van der Waals surface area contributed by atoms with E-state index >= 15 is 0 Å². The van der Waals surface area contributed by atoms with Crippen LogP contribution in [0.25, 0.3) is 0 Å². The molecule has 0 bridgehead atoms. The summed E-state index contributed by atoms with van der Waals surface area (Å²) in [4.78, 5) is 0. The van der Waals surface area contributed by atoms with Crippen LogP contribution in [0.2, 0.25) is 0 Å². The third-order valence-corrected chi connectivity index (χ3v) is 1.12. The molecule has 1 heterocycles. The fourth-order valence-corrected chi connectivity index (χ4v) is 0.619. The molecule has 0 aromatic rings. The van der Waals surface area contributed by atoms with Gasteiger partial charge in [-0.3, -0.25) is 0 Å². The van der Waals surface area contributed by atoms with E-state index in [1.807, 2.05) is 6.08 Å². The lowest BCUT2D eigenvalue weighted by Crippen LogP contribution is -2.15. The molecule has 2 nitrogen and oxygen atoms in total. The molecule has 0 amide bonds. The molecule has 0 aliphatic carbocycles. The van der Waals surface area contributed by atoms with Crippen LogP contribution >= 0.6 is 0 Å². The number of hydrogen-bond donors (Lipinski definition) is 0. The molecule has 0 atom stereocenters. The van der Waals surface area contributed by atoms with Gasteiger partial charge in [0, 0.05) is 6.20 Å². The van der Waals surface area contributed by atoms with Gasteiger partial charge in [0.05, 0.1) is 5.54 Å². The largest absolute Gasteiger partial charge is 0.183 e. The molecule has 1 rings (SSSR count). The monoisotopic (exact) mass is 110 g/mol. The van der Waals surface area contributed by atoms with Crippen LogP contribution < -0.4 is 0 Å². The van der Waals surface area contributed by atoms with E-state index in [4.69, 9.17) is 0 Å². The third kappa shape index (κ3) is 1.15. The van der Waals surface area contributed by atoms with Crippen molar-refractivity contribution in [3.05, 3.63) is 12.3 Å². The fraction of sp³-hybridized carbons (Fsp3) is 0.667. The Morgan fingerprint density at radius 2 is 2.25 bits per heavy atom. The van der Waals surface area contributed by atoms with Crippen molar-refractivity contribution in [3.8, 4) is 0 Å². The first kappa shape index (κ1) is 5.48. The second-order valence-electron chi connectivity index (χ2n) is 2.62. The Morgan fingerprint density at radius 3 is 2.50 bits per heavy atom. The van der Waals surface area contributed by atoms with Gasteiger partial charge in [-0.1, -0.05) is 6.08 Å². The Hall–Kier alpha value is -0.660. The van der Waals surface area contributed by atoms with Crippen molar-refractivity contribution in [1.82, 2.24) is 0 Å². The molecule has 0 fully saturated rings. The molecular weight excluding hydrogens is 100 g/mol. The van der Waals surface area contributed by atoms with Crippen LogP contribution in [0, 0.1) is 0 Å². The van der Waals surface area contributed by atoms with Crippen molar-refractivity contribution < 1.29 is 0 Å². The van der Waals surface area contributed by atoms with Crippen molar-refractivity contribution in [1.29, 1.82) is 0 Å². The molecule has 44 valence electrons. The van der Waals surface area contributed by atoms with Gasteiger partial charge in [-0.05, 0) is 20.3 Å². The van der Waals surface area contributed by atoms with Gasteiger partial charge in [0.25, 0.3) is 0 Å². The molecule has 2 heteroatoms. The highest BCUT2D eigenvalue weighted by molar-refractivity contribution is 4.93. The van der Waals surface area contributed by atoms with Crippen LogP contribution in [0.1, 0.15) is 20.3 Å². The van der Waals surface area contributed by atoms with Gasteiger partial charge >= 0.3 is 0 Å². The minimum atomic E-state index is 0.0503. The summed E-state index contributed by atoms with van der Waals surface area (Å²) in [5.74, 6) is 0. The highest BCUT2D eigenvalue weighted by atomic mass is 15.1. The lowest BCUT2D eigenvalue weighted by molar-refractivity contribution is 0.492. The van der Waals surface area contributed by atoms with E-state index < -0.39 is 0 Å². The Labute approximate surface area is 49.3 Å². The van der Waals surface area contributed by atoms with Gasteiger partial charge in [0.1, 0.15) is 0 Å². The summed E-state index contributed by atoms with van der Waals surface area (Å²) in [6, 6.07) is 0. The summed E-state index contributed by atoms with van der Waals surface area (Å²) in [6.07, 6.45) is 4.79. The molecule has 8 heavy (non-hydrogen) atoms. The second-order valence-corrected chi connectivity index (χ2v) is 2.62. The summed E-state index contributed by atoms with van der Waals surface area (Å²) in [7, 11) is 0. The van der Waals surface area contributed by atoms with Crippen molar-refractivity contribution in [2.45, 2.75) is 25.8 Å². The van der Waals surface area contributed by atoms with Crippen LogP contribution in [0.15, 0.2) is 22.5 Å². The van der Waals surface area contributed by atoms with Crippen molar-refractivity contribution in [3.63, 3.8) is 0 Å². The third-order valence-electron chi connectivity index (χ3n) is 1.12. The molecule has 0 saturated heterocycles. The Kier molecular flexibility index (Phi) is 1.16. The first-order valence-corrected chi connectivity index (χ1v) is 2.78. The van der Waals surface area contributed by atoms with Gasteiger partial charge in [-0.2, -0.15) is 10.2 Å². The maximum atomic E-state index is 4.00. The van der Waals surface area contributed by atoms with Crippen molar-refractivity contribution in [2.75, 3.05) is 0 Å². The quantitative estimate of drug-likeness (QED) is 0.456. The van der Waals surface area contributed by atoms with Crippen LogP contribution in [0.5, 0.6) is 0 Å². The Morgan fingerprint density at radius 1 is 1.50 bits per heavy atom. The van der Waals surface area contributed by atoms with E-state index in [2.05, 4.69) is 24.1 Å². The van der Waals surface area contributed by atoms with E-state index in [9.17, 15) is 0 Å². The van der Waals surface area contributed by atoms with Crippen LogP contribution in [-0.2, 0) is 0 Å². The summed E-state index contributed by atoms with van der Waals surface area (Å²) in [5, 5.41) is 7.77. The predicted molar refractivity (Wildman–Crippen MR) is 32.7 cm³/mol. The summed E-state index contributed by atoms with van der Waals surface area (Å²) >= 11 is 0. The topological polar surface area (TPSA) is 24.7 Å². The molecule has 0 aromatic carbocycles. The number of hydrogen-bond acceptors (Lipinski definition) is 2. The van der Waals surface area contributed by atoms with Gasteiger partial charge < -0.3 is 0 Å². The van der Waals surface area contributed by atoms with Crippen LogP contribution in [0.4, 0.5) is 0 Å². The van der Waals surface area contributed by atoms with E-state index in [-0.39, 0.29) is 5.54 Å². The number of azo groups is 1. The summed E-state index contributed by atoms with van der Waals surface area (Å²) < 4.78 is 0. The van der Waals surface area contributed by atoms with Gasteiger partial charge in [-0.15, -0.1) is 0 Å². The van der Waals surface area contributed by atoms with Crippen molar-refractivity contribution in [2.24, 2.45) is 10.2 Å². The SMILES string of the molecule is CC1(C)CC=CN=N1. The highest BCUT2D eigenvalue weighted by Crippen LogP contribution is 2.18. The molecular formula is C6H10N2. The lowest BCUT2D eigenvalue weighted by atomic mass is 10.0. The zero-order valence-electron chi connectivity index (χ0n) is 5.26. The lowest BCUT2D eigenvalue weighted by Gasteiger charge is -2.16. The minimum absolute atomic E-state index is 0.0503. The van der Waals surface area contributed by atoms with E-state index in [0.29, 0.717) is 0 Å². The van der Waals surface area contributed by atoms with Crippen LogP contribution in [0.3, 0.4) is 0 Å². The summed E-state index contributed by atoms with van der Waals surface area (Å²) in [6.45, 7) is 4.14. The minimum Gasteiger partial charge on any atom is -0.183 e. The molecule has 0 unspecified atom stereocenters. The standard InChI is InChI=1S/C6H10N2/c1-6(2)4-3-5-7-8-6/h3,5H,4H2,1-2H3. The fourth-order valence-electron chi connectivity index (χ4n) is 0.619. The van der Waals surface area contributed by atoms with E-state index in [1.165, 1.54) is 0 Å². The Balaban J connectivity index is 2.65. The summed E-state index contributed by atoms with van der Waals surface area (Å²) in [5.41, 5.74) is 0.0503.